The van der Waals surface area contributed by atoms with Crippen molar-refractivity contribution in [3.05, 3.63) is 83.3 Å². The smallest absolute Gasteiger partial charge is 0.333 e. The highest BCUT2D eigenvalue weighted by atomic mass is 32.2. The SMILES string of the molecule is N[C@@H]1C(=O)N2C(C(=O)OC(c3ccccc3)c3ccccc3)C=CS[C@H]12. The Balaban J connectivity index is 1.60. The lowest BCUT2D eigenvalue weighted by Gasteiger charge is -2.48. The molecule has 1 amide bonds. The average molecular weight is 366 g/mol. The highest BCUT2D eigenvalue weighted by molar-refractivity contribution is 8.02. The van der Waals surface area contributed by atoms with Gasteiger partial charge in [-0.2, -0.15) is 0 Å². The molecule has 0 saturated carbocycles. The van der Waals surface area contributed by atoms with E-state index in [0.717, 1.165) is 11.1 Å². The number of hydrogen-bond acceptors (Lipinski definition) is 5. The number of benzene rings is 2. The number of β-lactam (4-membered cyclic amide) rings is 1. The van der Waals surface area contributed by atoms with Crippen molar-refractivity contribution < 1.29 is 14.3 Å². The molecule has 0 bridgehead atoms. The number of esters is 1. The predicted molar refractivity (Wildman–Crippen MR) is 99.9 cm³/mol. The van der Waals surface area contributed by atoms with Gasteiger partial charge in [0, 0.05) is 0 Å². The molecule has 4 rings (SSSR count). The van der Waals surface area contributed by atoms with E-state index >= 15 is 0 Å². The normalized spacial score (nSPS) is 24.2. The first kappa shape index (κ1) is 16.9. The van der Waals surface area contributed by atoms with Crippen molar-refractivity contribution in [2.75, 3.05) is 0 Å². The van der Waals surface area contributed by atoms with Crippen LogP contribution in [0.5, 0.6) is 0 Å². The largest absolute Gasteiger partial charge is 0.451 e. The fourth-order valence-electron chi connectivity index (χ4n) is 3.21. The standard InChI is InChI=1S/C20H18N2O3S/c21-16-18(23)22-15(11-12-26-19(16)22)20(24)25-17(13-7-3-1-4-8-13)14-9-5-2-6-10-14/h1-12,15-17,19H,21H2/t15?,16-,19-/m1/s1. The van der Waals surface area contributed by atoms with E-state index in [1.807, 2.05) is 66.1 Å². The van der Waals surface area contributed by atoms with Crippen molar-refractivity contribution in [1.29, 1.82) is 0 Å². The first-order chi connectivity index (χ1) is 12.7. The van der Waals surface area contributed by atoms with Crippen LogP contribution in [0.1, 0.15) is 17.2 Å². The van der Waals surface area contributed by atoms with Crippen molar-refractivity contribution in [1.82, 2.24) is 4.90 Å². The van der Waals surface area contributed by atoms with E-state index < -0.39 is 24.2 Å². The van der Waals surface area contributed by atoms with E-state index in [0.29, 0.717) is 0 Å². The van der Waals surface area contributed by atoms with E-state index in [-0.39, 0.29) is 11.3 Å². The number of nitrogens with zero attached hydrogens (tertiary/aromatic N) is 1. The molecule has 1 unspecified atom stereocenters. The molecule has 0 spiro atoms. The molecule has 1 saturated heterocycles. The molecular formula is C20H18N2O3S. The minimum absolute atomic E-state index is 0.197. The van der Waals surface area contributed by atoms with Crippen LogP contribution < -0.4 is 5.73 Å². The summed E-state index contributed by atoms with van der Waals surface area (Å²) >= 11 is 1.45. The lowest BCUT2D eigenvalue weighted by Crippen LogP contribution is -2.71. The van der Waals surface area contributed by atoms with Gasteiger partial charge in [0.2, 0.25) is 5.91 Å². The summed E-state index contributed by atoms with van der Waals surface area (Å²) in [4.78, 5) is 26.5. The third-order valence-corrected chi connectivity index (χ3v) is 5.69. The summed E-state index contributed by atoms with van der Waals surface area (Å²) in [6, 6.07) is 17.9. The second-order valence-electron chi connectivity index (χ2n) is 6.21. The van der Waals surface area contributed by atoms with Crippen molar-refractivity contribution in [3.8, 4) is 0 Å². The molecule has 5 nitrogen and oxygen atoms in total. The van der Waals surface area contributed by atoms with Gasteiger partial charge < -0.3 is 15.4 Å². The van der Waals surface area contributed by atoms with Crippen LogP contribution in [0, 0.1) is 0 Å². The second-order valence-corrected chi connectivity index (χ2v) is 7.24. The summed E-state index contributed by atoms with van der Waals surface area (Å²) in [5, 5.41) is 1.62. The maximum absolute atomic E-state index is 12.9. The zero-order chi connectivity index (χ0) is 18.1. The Morgan fingerprint density at radius 2 is 1.62 bits per heavy atom. The van der Waals surface area contributed by atoms with E-state index in [1.54, 1.807) is 6.08 Å². The van der Waals surface area contributed by atoms with E-state index in [1.165, 1.54) is 16.7 Å². The maximum Gasteiger partial charge on any atom is 0.333 e. The lowest BCUT2D eigenvalue weighted by molar-refractivity contribution is -0.163. The molecule has 0 aromatic heterocycles. The van der Waals surface area contributed by atoms with Gasteiger partial charge in [0.15, 0.2) is 6.10 Å². The van der Waals surface area contributed by atoms with E-state index in [2.05, 4.69) is 0 Å². The van der Waals surface area contributed by atoms with Crippen molar-refractivity contribution in [2.45, 2.75) is 23.6 Å². The minimum Gasteiger partial charge on any atom is -0.451 e. The molecule has 2 aromatic carbocycles. The van der Waals surface area contributed by atoms with Crippen LogP contribution in [0.3, 0.4) is 0 Å². The third-order valence-electron chi connectivity index (χ3n) is 4.58. The summed E-state index contributed by atoms with van der Waals surface area (Å²) in [7, 11) is 0. The fraction of sp³-hybridized carbons (Fsp3) is 0.200. The van der Waals surface area contributed by atoms with Gasteiger partial charge >= 0.3 is 5.97 Å². The molecule has 0 radical (unpaired) electrons. The lowest BCUT2D eigenvalue weighted by atomic mass is 10.0. The number of amides is 1. The zero-order valence-electron chi connectivity index (χ0n) is 13.9. The number of thioether (sulfide) groups is 1. The Kier molecular flexibility index (Phi) is 4.53. The Bertz CT molecular complexity index is 801. The van der Waals surface area contributed by atoms with E-state index in [9.17, 15) is 9.59 Å². The number of hydrogen-bond donors (Lipinski definition) is 1. The van der Waals surface area contributed by atoms with Gasteiger partial charge in [-0.15, -0.1) is 11.8 Å². The maximum atomic E-state index is 12.9. The van der Waals surface area contributed by atoms with Crippen LogP contribution in [0.2, 0.25) is 0 Å². The summed E-state index contributed by atoms with van der Waals surface area (Å²) in [6.07, 6.45) is 1.16. The first-order valence-corrected chi connectivity index (χ1v) is 9.31. The van der Waals surface area contributed by atoms with Crippen molar-refractivity contribution in [2.24, 2.45) is 5.73 Å². The zero-order valence-corrected chi connectivity index (χ0v) is 14.7. The van der Waals surface area contributed by atoms with Gasteiger partial charge in [-0.05, 0) is 22.6 Å². The molecule has 6 heteroatoms. The number of carbonyl (C=O) groups excluding carboxylic acids is 2. The second kappa shape index (κ2) is 6.97. The summed E-state index contributed by atoms with van der Waals surface area (Å²) < 4.78 is 5.86. The minimum atomic E-state index is -0.733. The molecule has 2 heterocycles. The van der Waals surface area contributed by atoms with Gasteiger partial charge in [0.25, 0.3) is 0 Å². The Labute approximate surface area is 155 Å². The van der Waals surface area contributed by atoms with Gasteiger partial charge in [0.05, 0.1) is 0 Å². The Morgan fingerprint density at radius 1 is 1.04 bits per heavy atom. The fourth-order valence-corrected chi connectivity index (χ4v) is 4.26. The van der Waals surface area contributed by atoms with Gasteiger partial charge in [0.1, 0.15) is 17.5 Å². The number of fused-ring (bicyclic) bond motifs is 1. The highest BCUT2D eigenvalue weighted by Crippen LogP contribution is 2.37. The van der Waals surface area contributed by atoms with Crippen molar-refractivity contribution >= 4 is 23.6 Å². The number of carbonyl (C=O) groups is 2. The van der Waals surface area contributed by atoms with Crippen LogP contribution in [0.25, 0.3) is 0 Å². The predicted octanol–water partition coefficient (Wildman–Crippen LogP) is 2.44. The Morgan fingerprint density at radius 3 is 2.19 bits per heavy atom. The molecule has 26 heavy (non-hydrogen) atoms. The average Bonchev–Trinajstić information content (AvgIpc) is 2.72. The number of rotatable bonds is 4. The number of ether oxygens (including phenoxy) is 1. The summed E-state index contributed by atoms with van der Waals surface area (Å²) in [5.41, 5.74) is 7.58. The monoisotopic (exact) mass is 366 g/mol. The molecule has 2 N–H and O–H groups in total. The molecule has 2 aliphatic heterocycles. The van der Waals surface area contributed by atoms with Crippen LogP contribution in [0.4, 0.5) is 0 Å². The summed E-state index contributed by atoms with van der Waals surface area (Å²) in [5.74, 6) is -0.672. The van der Waals surface area contributed by atoms with Crippen molar-refractivity contribution in [3.63, 3.8) is 0 Å². The highest BCUT2D eigenvalue weighted by Gasteiger charge is 2.52. The van der Waals surface area contributed by atoms with Gasteiger partial charge in [-0.25, -0.2) is 4.79 Å². The Hall–Kier alpha value is -2.57. The summed E-state index contributed by atoms with van der Waals surface area (Å²) in [6.45, 7) is 0. The van der Waals surface area contributed by atoms with Crippen LogP contribution >= 0.6 is 11.8 Å². The topological polar surface area (TPSA) is 72.6 Å². The van der Waals surface area contributed by atoms with Crippen LogP contribution in [-0.4, -0.2) is 34.2 Å². The molecule has 2 aromatic rings. The molecule has 132 valence electrons. The molecule has 0 aliphatic carbocycles. The molecule has 2 aliphatic rings. The molecule has 3 atom stereocenters. The molecular weight excluding hydrogens is 348 g/mol. The third kappa shape index (κ3) is 2.91. The van der Waals surface area contributed by atoms with Crippen LogP contribution in [-0.2, 0) is 14.3 Å². The first-order valence-electron chi connectivity index (χ1n) is 8.37. The van der Waals surface area contributed by atoms with Gasteiger partial charge in [-0.3, -0.25) is 4.79 Å². The van der Waals surface area contributed by atoms with E-state index in [4.69, 9.17) is 10.5 Å². The number of nitrogens with two attached hydrogens (primary N) is 1. The quantitative estimate of drug-likeness (QED) is 0.665. The van der Waals surface area contributed by atoms with Gasteiger partial charge in [-0.1, -0.05) is 60.7 Å². The molecule has 1 fully saturated rings. The van der Waals surface area contributed by atoms with Crippen LogP contribution in [0.15, 0.2) is 72.1 Å².